The molecule has 1 aromatic heterocycles. The Balaban J connectivity index is 2.21. The molecule has 100 valence electrons. The Morgan fingerprint density at radius 1 is 1.50 bits per heavy atom. The van der Waals surface area contributed by atoms with Gasteiger partial charge < -0.3 is 15.4 Å². The average Bonchev–Trinajstić information content (AvgIpc) is 2.91. The minimum absolute atomic E-state index is 0.444. The first-order valence-electron chi connectivity index (χ1n) is 6.75. The van der Waals surface area contributed by atoms with Crippen LogP contribution in [0.15, 0.2) is 12.1 Å². The molecule has 2 rings (SSSR count). The van der Waals surface area contributed by atoms with Crippen molar-refractivity contribution in [3.63, 3.8) is 0 Å². The van der Waals surface area contributed by atoms with Crippen molar-refractivity contribution in [1.29, 1.82) is 0 Å². The van der Waals surface area contributed by atoms with E-state index in [0.29, 0.717) is 12.6 Å². The Morgan fingerprint density at radius 2 is 2.33 bits per heavy atom. The van der Waals surface area contributed by atoms with E-state index in [2.05, 4.69) is 31.0 Å². The molecule has 0 bridgehead atoms. The number of nitrogens with two attached hydrogens (primary N) is 1. The van der Waals surface area contributed by atoms with Crippen molar-refractivity contribution >= 4 is 5.82 Å². The van der Waals surface area contributed by atoms with Gasteiger partial charge in [-0.25, -0.2) is 4.98 Å². The van der Waals surface area contributed by atoms with E-state index in [9.17, 15) is 0 Å². The summed E-state index contributed by atoms with van der Waals surface area (Å²) in [5, 5.41) is 0. The van der Waals surface area contributed by atoms with Crippen LogP contribution in [0.4, 0.5) is 5.82 Å². The lowest BCUT2D eigenvalue weighted by molar-refractivity contribution is 0.193. The molecule has 1 unspecified atom stereocenters. The molecule has 18 heavy (non-hydrogen) atoms. The van der Waals surface area contributed by atoms with Crippen molar-refractivity contribution in [2.45, 2.75) is 38.8 Å². The number of pyridine rings is 1. The van der Waals surface area contributed by atoms with Crippen molar-refractivity contribution in [3.8, 4) is 0 Å². The number of hydrogen-bond donors (Lipinski definition) is 1. The van der Waals surface area contributed by atoms with E-state index < -0.39 is 0 Å². The van der Waals surface area contributed by atoms with Gasteiger partial charge >= 0.3 is 0 Å². The van der Waals surface area contributed by atoms with Gasteiger partial charge in [0.15, 0.2) is 0 Å². The van der Waals surface area contributed by atoms with Gasteiger partial charge in [0, 0.05) is 25.9 Å². The summed E-state index contributed by atoms with van der Waals surface area (Å²) in [5.74, 6) is 1.02. The number of aromatic nitrogens is 1. The van der Waals surface area contributed by atoms with E-state index in [1.54, 1.807) is 0 Å². The van der Waals surface area contributed by atoms with Crippen LogP contribution < -0.4 is 10.6 Å². The van der Waals surface area contributed by atoms with Crippen molar-refractivity contribution in [2.24, 2.45) is 5.73 Å². The number of rotatable bonds is 5. The normalized spacial score (nSPS) is 19.2. The molecule has 0 radical (unpaired) electrons. The SMILES string of the molecule is CCCc1cc(CN)cc(N(C)C2CCOC2)n1. The third-order valence-electron chi connectivity index (χ3n) is 3.48. The highest BCUT2D eigenvalue weighted by Crippen LogP contribution is 2.20. The molecule has 4 heteroatoms. The Bertz CT molecular complexity index is 389. The lowest BCUT2D eigenvalue weighted by atomic mass is 10.1. The van der Waals surface area contributed by atoms with Gasteiger partial charge in [0.25, 0.3) is 0 Å². The Labute approximate surface area is 109 Å². The van der Waals surface area contributed by atoms with E-state index in [0.717, 1.165) is 49.6 Å². The van der Waals surface area contributed by atoms with Crippen molar-refractivity contribution < 1.29 is 4.74 Å². The van der Waals surface area contributed by atoms with E-state index >= 15 is 0 Å². The van der Waals surface area contributed by atoms with Gasteiger partial charge in [0.05, 0.1) is 12.6 Å². The first kappa shape index (κ1) is 13.3. The highest BCUT2D eigenvalue weighted by molar-refractivity contribution is 5.43. The summed E-state index contributed by atoms with van der Waals surface area (Å²) < 4.78 is 5.44. The summed E-state index contributed by atoms with van der Waals surface area (Å²) in [5.41, 5.74) is 8.07. The topological polar surface area (TPSA) is 51.4 Å². The summed E-state index contributed by atoms with van der Waals surface area (Å²) in [6, 6.07) is 4.66. The first-order valence-corrected chi connectivity index (χ1v) is 6.75. The molecule has 1 saturated heterocycles. The summed E-state index contributed by atoms with van der Waals surface area (Å²) in [7, 11) is 2.09. The van der Waals surface area contributed by atoms with Crippen LogP contribution in [-0.4, -0.2) is 31.3 Å². The second-order valence-electron chi connectivity index (χ2n) is 4.91. The largest absolute Gasteiger partial charge is 0.379 e. The predicted molar refractivity (Wildman–Crippen MR) is 73.8 cm³/mol. The second kappa shape index (κ2) is 6.16. The maximum atomic E-state index is 5.77. The molecule has 2 N–H and O–H groups in total. The molecule has 0 aromatic carbocycles. The smallest absolute Gasteiger partial charge is 0.129 e. The monoisotopic (exact) mass is 249 g/mol. The summed E-state index contributed by atoms with van der Waals surface area (Å²) >= 11 is 0. The van der Waals surface area contributed by atoms with Crippen molar-refractivity contribution in [1.82, 2.24) is 4.98 Å². The maximum Gasteiger partial charge on any atom is 0.129 e. The van der Waals surface area contributed by atoms with Crippen LogP contribution in [0.25, 0.3) is 0 Å². The van der Waals surface area contributed by atoms with Crippen LogP contribution in [0.3, 0.4) is 0 Å². The van der Waals surface area contributed by atoms with E-state index in [4.69, 9.17) is 15.5 Å². The number of ether oxygens (including phenoxy) is 1. The third-order valence-corrected chi connectivity index (χ3v) is 3.48. The van der Waals surface area contributed by atoms with Crippen LogP contribution >= 0.6 is 0 Å². The highest BCUT2D eigenvalue weighted by atomic mass is 16.5. The summed E-state index contributed by atoms with van der Waals surface area (Å²) in [6.45, 7) is 4.40. The van der Waals surface area contributed by atoms with E-state index in [1.807, 2.05) is 0 Å². The van der Waals surface area contributed by atoms with E-state index in [-0.39, 0.29) is 0 Å². The molecule has 4 nitrogen and oxygen atoms in total. The molecule has 1 fully saturated rings. The molecule has 1 aromatic rings. The van der Waals surface area contributed by atoms with Crippen LogP contribution in [-0.2, 0) is 17.7 Å². The van der Waals surface area contributed by atoms with Crippen molar-refractivity contribution in [3.05, 3.63) is 23.4 Å². The standard InChI is InChI=1S/C14H23N3O/c1-3-4-12-7-11(9-15)8-14(16-12)17(2)13-5-6-18-10-13/h7-8,13H,3-6,9-10,15H2,1-2H3. The molecule has 2 heterocycles. The minimum atomic E-state index is 0.444. The zero-order valence-corrected chi connectivity index (χ0v) is 11.4. The van der Waals surface area contributed by atoms with Crippen LogP contribution in [0.5, 0.6) is 0 Å². The van der Waals surface area contributed by atoms with Gasteiger partial charge in [-0.1, -0.05) is 13.3 Å². The van der Waals surface area contributed by atoms with Gasteiger partial charge in [0.2, 0.25) is 0 Å². The zero-order valence-electron chi connectivity index (χ0n) is 11.4. The van der Waals surface area contributed by atoms with Gasteiger partial charge in [0.1, 0.15) is 5.82 Å². The molecule has 0 saturated carbocycles. The lowest BCUT2D eigenvalue weighted by Crippen LogP contribution is -2.32. The van der Waals surface area contributed by atoms with Gasteiger partial charge in [-0.2, -0.15) is 0 Å². The second-order valence-corrected chi connectivity index (χ2v) is 4.91. The highest BCUT2D eigenvalue weighted by Gasteiger charge is 2.21. The van der Waals surface area contributed by atoms with Gasteiger partial charge in [-0.15, -0.1) is 0 Å². The molecule has 1 aliphatic rings. The number of aryl methyl sites for hydroxylation is 1. The molecule has 1 atom stereocenters. The molecule has 0 spiro atoms. The van der Waals surface area contributed by atoms with Gasteiger partial charge in [-0.3, -0.25) is 0 Å². The zero-order chi connectivity index (χ0) is 13.0. The Hall–Kier alpha value is -1.13. The summed E-state index contributed by atoms with van der Waals surface area (Å²) in [4.78, 5) is 6.96. The lowest BCUT2D eigenvalue weighted by Gasteiger charge is -2.25. The molecular formula is C14H23N3O. The van der Waals surface area contributed by atoms with Crippen LogP contribution in [0.1, 0.15) is 31.0 Å². The number of anilines is 1. The fraction of sp³-hybridized carbons (Fsp3) is 0.643. The summed E-state index contributed by atoms with van der Waals surface area (Å²) in [6.07, 6.45) is 3.20. The third kappa shape index (κ3) is 3.00. The minimum Gasteiger partial charge on any atom is -0.379 e. The predicted octanol–water partition coefficient (Wildman–Crippen LogP) is 1.72. The van der Waals surface area contributed by atoms with Crippen LogP contribution in [0.2, 0.25) is 0 Å². The first-order chi connectivity index (χ1) is 8.74. The van der Waals surface area contributed by atoms with E-state index in [1.165, 1.54) is 0 Å². The quantitative estimate of drug-likeness (QED) is 0.863. The molecule has 0 amide bonds. The Kier molecular flexibility index (Phi) is 4.55. The number of likely N-dealkylation sites (N-methyl/N-ethyl adjacent to an activating group) is 1. The molecule has 0 aliphatic carbocycles. The average molecular weight is 249 g/mol. The maximum absolute atomic E-state index is 5.77. The van der Waals surface area contributed by atoms with Crippen LogP contribution in [0, 0.1) is 0 Å². The van der Waals surface area contributed by atoms with Gasteiger partial charge in [-0.05, 0) is 30.5 Å². The number of nitrogens with zero attached hydrogens (tertiary/aromatic N) is 2. The fourth-order valence-corrected chi connectivity index (χ4v) is 2.33. The molecule has 1 aliphatic heterocycles. The Morgan fingerprint density at radius 3 is 2.94 bits per heavy atom. The fourth-order valence-electron chi connectivity index (χ4n) is 2.33. The molecular weight excluding hydrogens is 226 g/mol. The van der Waals surface area contributed by atoms with Crippen molar-refractivity contribution in [2.75, 3.05) is 25.2 Å². The number of hydrogen-bond acceptors (Lipinski definition) is 4.